The largest absolute Gasteiger partial charge is 0.382 e. The summed E-state index contributed by atoms with van der Waals surface area (Å²) in [6.45, 7) is 9.56. The van der Waals surface area contributed by atoms with Gasteiger partial charge in [0.2, 0.25) is 0 Å². The summed E-state index contributed by atoms with van der Waals surface area (Å²) in [6.07, 6.45) is 2.08. The molecule has 0 fully saturated rings. The lowest BCUT2D eigenvalue weighted by Crippen LogP contribution is -2.36. The highest BCUT2D eigenvalue weighted by Crippen LogP contribution is 2.09. The minimum Gasteiger partial charge on any atom is -0.382 e. The van der Waals surface area contributed by atoms with E-state index in [1.165, 1.54) is 0 Å². The molecule has 1 unspecified atom stereocenters. The molecule has 0 radical (unpaired) electrons. The lowest BCUT2D eigenvalue weighted by atomic mass is 10.0. The van der Waals surface area contributed by atoms with Crippen LogP contribution in [0.5, 0.6) is 0 Å². The first-order valence-corrected chi connectivity index (χ1v) is 7.25. The van der Waals surface area contributed by atoms with Crippen molar-refractivity contribution in [1.82, 2.24) is 10.2 Å². The molecule has 5 nitrogen and oxygen atoms in total. The number of nitrogens with two attached hydrogens (primary N) is 1. The average molecular weight is 400 g/mol. The van der Waals surface area contributed by atoms with Gasteiger partial charge in [-0.15, -0.1) is 24.0 Å². The number of rotatable bonds is 10. The van der Waals surface area contributed by atoms with E-state index in [1.807, 2.05) is 6.92 Å². The molecule has 0 saturated carbocycles. The molecule has 0 aromatic heterocycles. The fourth-order valence-electron chi connectivity index (χ4n) is 1.79. The van der Waals surface area contributed by atoms with Crippen LogP contribution < -0.4 is 11.1 Å². The Hall–Kier alpha value is -0.0800. The van der Waals surface area contributed by atoms with Gasteiger partial charge < -0.3 is 20.7 Å². The predicted octanol–water partition coefficient (Wildman–Crippen LogP) is 1.91. The highest BCUT2D eigenvalue weighted by Gasteiger charge is 2.12. The summed E-state index contributed by atoms with van der Waals surface area (Å²) in [7, 11) is 4.18. The standard InChI is InChI=1S/C14H32N4O.HI/c1-6-19-9-7-8-16-14(15)17-11-13(18(4)5)10-12(2)3;/h12-13H,6-11H2,1-5H3,(H3,15,16,17);1H. The van der Waals surface area contributed by atoms with Gasteiger partial charge in [-0.3, -0.25) is 4.99 Å². The van der Waals surface area contributed by atoms with E-state index in [9.17, 15) is 0 Å². The van der Waals surface area contributed by atoms with Crippen molar-refractivity contribution in [3.63, 3.8) is 0 Å². The van der Waals surface area contributed by atoms with Gasteiger partial charge in [0.25, 0.3) is 0 Å². The molecule has 0 amide bonds. The molecule has 0 aliphatic heterocycles. The van der Waals surface area contributed by atoms with Gasteiger partial charge in [-0.2, -0.15) is 0 Å². The Morgan fingerprint density at radius 2 is 2.00 bits per heavy atom. The van der Waals surface area contributed by atoms with E-state index in [2.05, 4.69) is 43.2 Å². The molecule has 0 spiro atoms. The van der Waals surface area contributed by atoms with Gasteiger partial charge in [-0.05, 0) is 39.8 Å². The smallest absolute Gasteiger partial charge is 0.188 e. The van der Waals surface area contributed by atoms with Crippen molar-refractivity contribution in [2.24, 2.45) is 16.6 Å². The zero-order chi connectivity index (χ0) is 14.7. The van der Waals surface area contributed by atoms with Crippen LogP contribution in [0.4, 0.5) is 0 Å². The van der Waals surface area contributed by atoms with Crippen LogP contribution in [0, 0.1) is 5.92 Å². The quantitative estimate of drug-likeness (QED) is 0.255. The SMILES string of the molecule is CCOCCCNC(N)=NCC(CC(C)C)N(C)C.I. The van der Waals surface area contributed by atoms with Gasteiger partial charge >= 0.3 is 0 Å². The van der Waals surface area contributed by atoms with Crippen molar-refractivity contribution in [2.45, 2.75) is 39.7 Å². The van der Waals surface area contributed by atoms with E-state index in [0.29, 0.717) is 17.9 Å². The molecule has 1 atom stereocenters. The summed E-state index contributed by atoms with van der Waals surface area (Å²) in [4.78, 5) is 6.63. The molecule has 0 heterocycles. The maximum absolute atomic E-state index is 5.85. The maximum atomic E-state index is 5.85. The second-order valence-electron chi connectivity index (χ2n) is 5.45. The lowest BCUT2D eigenvalue weighted by molar-refractivity contribution is 0.145. The van der Waals surface area contributed by atoms with Gasteiger partial charge in [0.05, 0.1) is 6.54 Å². The third-order valence-corrected chi connectivity index (χ3v) is 2.92. The number of guanidine groups is 1. The maximum Gasteiger partial charge on any atom is 0.188 e. The molecule has 6 heteroatoms. The molecule has 0 aliphatic rings. The van der Waals surface area contributed by atoms with Crippen LogP contribution in [-0.2, 0) is 4.74 Å². The number of ether oxygens (including phenoxy) is 1. The molecule has 0 aliphatic carbocycles. The molecule has 0 aromatic rings. The molecule has 0 rings (SSSR count). The van der Waals surface area contributed by atoms with Gasteiger partial charge in [0.15, 0.2) is 5.96 Å². The van der Waals surface area contributed by atoms with Crippen LogP contribution in [0.1, 0.15) is 33.6 Å². The number of hydrogen-bond acceptors (Lipinski definition) is 3. The second kappa shape index (κ2) is 13.9. The zero-order valence-corrected chi connectivity index (χ0v) is 16.0. The van der Waals surface area contributed by atoms with Crippen LogP contribution in [0.15, 0.2) is 4.99 Å². The summed E-state index contributed by atoms with van der Waals surface area (Å²) < 4.78 is 5.26. The molecule has 0 aromatic carbocycles. The summed E-state index contributed by atoms with van der Waals surface area (Å²) in [5, 5.41) is 3.12. The number of halogens is 1. The fraction of sp³-hybridized carbons (Fsp3) is 0.929. The molecular formula is C14H33IN4O. The number of nitrogens with zero attached hydrogens (tertiary/aromatic N) is 2. The van der Waals surface area contributed by atoms with Gasteiger partial charge in [-0.1, -0.05) is 13.8 Å². The van der Waals surface area contributed by atoms with Gasteiger partial charge in [0.1, 0.15) is 0 Å². The Kier molecular flexibility index (Phi) is 15.4. The van der Waals surface area contributed by atoms with E-state index < -0.39 is 0 Å². The first kappa shape index (κ1) is 22.2. The Labute approximate surface area is 141 Å². The summed E-state index contributed by atoms with van der Waals surface area (Å²) in [5.74, 6) is 1.20. The molecule has 0 saturated heterocycles. The van der Waals surface area contributed by atoms with Crippen LogP contribution in [0.3, 0.4) is 0 Å². The molecule has 3 N–H and O–H groups in total. The first-order chi connectivity index (χ1) is 8.97. The van der Waals surface area contributed by atoms with E-state index in [4.69, 9.17) is 10.5 Å². The van der Waals surface area contributed by atoms with Crippen molar-refractivity contribution >= 4 is 29.9 Å². The Bertz CT molecular complexity index is 247. The summed E-state index contributed by atoms with van der Waals surface area (Å²) in [5.41, 5.74) is 5.85. The van der Waals surface area contributed by atoms with E-state index in [-0.39, 0.29) is 24.0 Å². The second-order valence-corrected chi connectivity index (χ2v) is 5.45. The highest BCUT2D eigenvalue weighted by molar-refractivity contribution is 14.0. The van der Waals surface area contributed by atoms with Crippen LogP contribution in [-0.4, -0.2) is 57.3 Å². The average Bonchev–Trinajstić information content (AvgIpc) is 2.33. The topological polar surface area (TPSA) is 62.9 Å². The fourth-order valence-corrected chi connectivity index (χ4v) is 1.79. The van der Waals surface area contributed by atoms with E-state index in [0.717, 1.165) is 39.1 Å². The van der Waals surface area contributed by atoms with Crippen molar-refractivity contribution in [3.05, 3.63) is 0 Å². The minimum absolute atomic E-state index is 0. The minimum atomic E-state index is 0. The van der Waals surface area contributed by atoms with Crippen molar-refractivity contribution in [2.75, 3.05) is 40.4 Å². The third-order valence-electron chi connectivity index (χ3n) is 2.92. The summed E-state index contributed by atoms with van der Waals surface area (Å²) in [6, 6.07) is 0.448. The first-order valence-electron chi connectivity index (χ1n) is 7.25. The van der Waals surface area contributed by atoms with E-state index in [1.54, 1.807) is 0 Å². The number of hydrogen-bond donors (Lipinski definition) is 2. The van der Waals surface area contributed by atoms with Crippen LogP contribution in [0.2, 0.25) is 0 Å². The van der Waals surface area contributed by atoms with E-state index >= 15 is 0 Å². The molecule has 0 bridgehead atoms. The number of likely N-dealkylation sites (N-methyl/N-ethyl adjacent to an activating group) is 1. The zero-order valence-electron chi connectivity index (χ0n) is 13.7. The normalized spacial score (nSPS) is 13.4. The van der Waals surface area contributed by atoms with Gasteiger partial charge in [-0.25, -0.2) is 0 Å². The van der Waals surface area contributed by atoms with Crippen molar-refractivity contribution < 1.29 is 4.74 Å². The number of nitrogens with one attached hydrogen (secondary N) is 1. The lowest BCUT2D eigenvalue weighted by Gasteiger charge is -2.24. The predicted molar refractivity (Wildman–Crippen MR) is 97.9 cm³/mol. The third kappa shape index (κ3) is 12.9. The highest BCUT2D eigenvalue weighted by atomic mass is 127. The Balaban J connectivity index is 0. The van der Waals surface area contributed by atoms with Crippen molar-refractivity contribution in [3.8, 4) is 0 Å². The Morgan fingerprint density at radius 3 is 2.50 bits per heavy atom. The number of aliphatic imine (C=N–C) groups is 1. The van der Waals surface area contributed by atoms with Crippen LogP contribution in [0.25, 0.3) is 0 Å². The van der Waals surface area contributed by atoms with Crippen molar-refractivity contribution in [1.29, 1.82) is 0 Å². The monoisotopic (exact) mass is 400 g/mol. The summed E-state index contributed by atoms with van der Waals surface area (Å²) >= 11 is 0. The molecule has 20 heavy (non-hydrogen) atoms. The van der Waals surface area contributed by atoms with Crippen LogP contribution >= 0.6 is 24.0 Å². The molecular weight excluding hydrogens is 367 g/mol. The molecule has 122 valence electrons. The Morgan fingerprint density at radius 1 is 1.35 bits per heavy atom. The van der Waals surface area contributed by atoms with Gasteiger partial charge in [0, 0.05) is 25.8 Å².